The van der Waals surface area contributed by atoms with Crippen molar-refractivity contribution in [1.29, 1.82) is 0 Å². The average Bonchev–Trinajstić information content (AvgIpc) is 3.87. The first-order chi connectivity index (χ1) is 29.1. The van der Waals surface area contributed by atoms with Gasteiger partial charge in [0.25, 0.3) is 0 Å². The molecule has 2 unspecified atom stereocenters. The highest BCUT2D eigenvalue weighted by Gasteiger charge is 2.57. The van der Waals surface area contributed by atoms with Crippen molar-refractivity contribution in [3.8, 4) is 5.69 Å². The van der Waals surface area contributed by atoms with Crippen LogP contribution >= 0.6 is 0 Å². The molecule has 3 heterocycles. The molecule has 1 fully saturated rings. The molecule has 2 aliphatic rings. The number of benzene rings is 7. The lowest BCUT2D eigenvalue weighted by molar-refractivity contribution is 0.195. The Hall–Kier alpha value is -6.10. The van der Waals surface area contributed by atoms with E-state index < -0.39 is 8.07 Å². The third-order valence-corrected chi connectivity index (χ3v) is 19.4. The van der Waals surface area contributed by atoms with Crippen molar-refractivity contribution in [2.45, 2.75) is 76.7 Å². The minimum Gasteiger partial charge on any atom is -0.454 e. The van der Waals surface area contributed by atoms with Crippen molar-refractivity contribution >= 4 is 73.2 Å². The van der Waals surface area contributed by atoms with E-state index in [0.29, 0.717) is 0 Å². The van der Waals surface area contributed by atoms with E-state index in [-0.39, 0.29) is 16.4 Å². The molecular formula is C56H52N2OSi. The summed E-state index contributed by atoms with van der Waals surface area (Å²) in [7, 11) is -2.79. The predicted molar refractivity (Wildman–Crippen MR) is 256 cm³/mol. The molecule has 0 N–H and O–H groups in total. The summed E-state index contributed by atoms with van der Waals surface area (Å²) in [6.45, 7) is 11.9. The van der Waals surface area contributed by atoms with Gasteiger partial charge in [-0.05, 0) is 106 Å². The molecule has 7 aromatic carbocycles. The normalized spacial score (nSPS) is 19.2. The fourth-order valence-electron chi connectivity index (χ4n) is 11.4. The molecular weight excluding hydrogens is 745 g/mol. The van der Waals surface area contributed by atoms with Crippen molar-refractivity contribution in [2.75, 3.05) is 4.90 Å². The largest absolute Gasteiger partial charge is 0.454 e. The summed E-state index contributed by atoms with van der Waals surface area (Å²) in [5.74, 6) is 0. The highest BCUT2D eigenvalue weighted by Crippen LogP contribution is 2.61. The molecule has 11 rings (SSSR count). The molecule has 0 bridgehead atoms. The molecule has 0 spiro atoms. The second kappa shape index (κ2) is 13.5. The predicted octanol–water partition coefficient (Wildman–Crippen LogP) is 11.9. The van der Waals surface area contributed by atoms with Crippen molar-refractivity contribution in [2.24, 2.45) is 0 Å². The van der Waals surface area contributed by atoms with Gasteiger partial charge in [0.05, 0.1) is 11.1 Å². The highest BCUT2D eigenvalue weighted by atomic mass is 28.3. The molecule has 9 aromatic rings. The maximum atomic E-state index is 7.05. The van der Waals surface area contributed by atoms with E-state index in [2.05, 4.69) is 220 Å². The summed E-state index contributed by atoms with van der Waals surface area (Å²) < 4.78 is 9.55. The highest BCUT2D eigenvalue weighted by molar-refractivity contribution is 7.19. The summed E-state index contributed by atoms with van der Waals surface area (Å²) in [4.78, 5) is 2.69. The van der Waals surface area contributed by atoms with Crippen molar-refractivity contribution in [3.63, 3.8) is 0 Å². The van der Waals surface area contributed by atoms with Gasteiger partial charge in [-0.15, -0.1) is 0 Å². The maximum absolute atomic E-state index is 7.05. The van der Waals surface area contributed by atoms with Crippen molar-refractivity contribution in [1.82, 2.24) is 4.57 Å². The van der Waals surface area contributed by atoms with Gasteiger partial charge in [0.15, 0.2) is 13.7 Å². The number of furan rings is 1. The summed E-state index contributed by atoms with van der Waals surface area (Å²) in [5.41, 5.74) is 10.7. The number of fused-ring (bicyclic) bond motifs is 8. The molecule has 60 heavy (non-hydrogen) atoms. The van der Waals surface area contributed by atoms with Crippen molar-refractivity contribution < 1.29 is 4.42 Å². The molecule has 4 heteroatoms. The maximum Gasteiger partial charge on any atom is 0.179 e. The van der Waals surface area contributed by atoms with Crippen LogP contribution in [0, 0.1) is 0 Å². The number of anilines is 2. The first kappa shape index (κ1) is 36.9. The first-order valence-corrected chi connectivity index (χ1v) is 23.8. The van der Waals surface area contributed by atoms with Crippen LogP contribution < -0.4 is 25.6 Å². The van der Waals surface area contributed by atoms with Gasteiger partial charge in [0, 0.05) is 33.2 Å². The number of hydrogen-bond donors (Lipinski definition) is 0. The lowest BCUT2D eigenvalue weighted by atomic mass is 9.61. The summed E-state index contributed by atoms with van der Waals surface area (Å²) in [6.07, 6.45) is 4.88. The van der Waals surface area contributed by atoms with Crippen molar-refractivity contribution in [3.05, 3.63) is 187 Å². The van der Waals surface area contributed by atoms with Gasteiger partial charge in [-0.3, -0.25) is 0 Å². The van der Waals surface area contributed by atoms with Crippen LogP contribution in [0.1, 0.15) is 71.4 Å². The van der Waals surface area contributed by atoms with Crippen LogP contribution in [0.5, 0.6) is 0 Å². The van der Waals surface area contributed by atoms with Crippen LogP contribution in [0.25, 0.3) is 38.7 Å². The van der Waals surface area contributed by atoms with Crippen LogP contribution in [0.2, 0.25) is 0 Å². The molecule has 0 radical (unpaired) electrons. The molecule has 2 atom stereocenters. The number of aromatic nitrogens is 1. The van der Waals surface area contributed by atoms with E-state index in [0.717, 1.165) is 45.1 Å². The molecule has 296 valence electrons. The Kier molecular flexibility index (Phi) is 8.28. The second-order valence-electron chi connectivity index (χ2n) is 18.8. The number of hydrogen-bond acceptors (Lipinski definition) is 2. The van der Waals surface area contributed by atoms with E-state index in [1.807, 2.05) is 0 Å². The van der Waals surface area contributed by atoms with Crippen LogP contribution in [0.15, 0.2) is 180 Å². The van der Waals surface area contributed by atoms with Crippen LogP contribution in [-0.4, -0.2) is 18.2 Å². The van der Waals surface area contributed by atoms with Gasteiger partial charge >= 0.3 is 0 Å². The third-order valence-electron chi connectivity index (χ3n) is 14.6. The quantitative estimate of drug-likeness (QED) is 0.123. The number of para-hydroxylation sites is 1. The first-order valence-electron chi connectivity index (χ1n) is 21.8. The Morgan fingerprint density at radius 1 is 0.550 bits per heavy atom. The van der Waals surface area contributed by atoms with Gasteiger partial charge in [-0.1, -0.05) is 168 Å². The Bertz CT molecular complexity index is 2970. The zero-order valence-corrected chi connectivity index (χ0v) is 36.4. The second-order valence-corrected chi connectivity index (χ2v) is 22.7. The van der Waals surface area contributed by atoms with E-state index in [1.54, 1.807) is 0 Å². The Labute approximate surface area is 354 Å². The topological polar surface area (TPSA) is 21.3 Å². The van der Waals surface area contributed by atoms with Crippen LogP contribution in [-0.2, 0) is 10.8 Å². The smallest absolute Gasteiger partial charge is 0.179 e. The molecule has 1 aliphatic carbocycles. The molecule has 0 saturated heterocycles. The fraction of sp³-hybridized carbons (Fsp3) is 0.214. The van der Waals surface area contributed by atoms with Gasteiger partial charge in [0.2, 0.25) is 0 Å². The van der Waals surface area contributed by atoms with Crippen LogP contribution in [0.3, 0.4) is 0 Å². The van der Waals surface area contributed by atoms with Gasteiger partial charge in [-0.2, -0.15) is 0 Å². The zero-order chi connectivity index (χ0) is 40.9. The third kappa shape index (κ3) is 5.19. The summed E-state index contributed by atoms with van der Waals surface area (Å²) in [6, 6.07) is 66.3. The minimum absolute atomic E-state index is 0.0147. The minimum atomic E-state index is -2.79. The SMILES string of the molecule is CC(C)(C)c1ccc2oc3c4cc(N5c6ccccc6C6(C)CCCCC56C)ccc4n(-c4cccc([Si](c5ccccc5)(c5ccccc5)c5ccccc5)c4)c3c2c1. The lowest BCUT2D eigenvalue weighted by Crippen LogP contribution is -2.74. The molecule has 0 amide bonds. The number of nitrogens with zero attached hydrogens (tertiary/aromatic N) is 2. The fourth-order valence-corrected chi connectivity index (χ4v) is 16.2. The van der Waals surface area contributed by atoms with Gasteiger partial charge < -0.3 is 13.9 Å². The molecule has 2 aromatic heterocycles. The van der Waals surface area contributed by atoms with E-state index in [9.17, 15) is 0 Å². The molecule has 3 nitrogen and oxygen atoms in total. The van der Waals surface area contributed by atoms with E-state index in [1.165, 1.54) is 62.5 Å². The van der Waals surface area contributed by atoms with Gasteiger partial charge in [0.1, 0.15) is 11.1 Å². The Morgan fingerprint density at radius 3 is 1.83 bits per heavy atom. The Morgan fingerprint density at radius 2 is 1.17 bits per heavy atom. The van der Waals surface area contributed by atoms with E-state index in [4.69, 9.17) is 4.42 Å². The monoisotopic (exact) mass is 796 g/mol. The summed E-state index contributed by atoms with van der Waals surface area (Å²) in [5, 5.41) is 7.73. The Balaban J connectivity index is 1.20. The molecule has 1 aliphatic heterocycles. The summed E-state index contributed by atoms with van der Waals surface area (Å²) >= 11 is 0. The number of rotatable bonds is 6. The lowest BCUT2D eigenvalue weighted by Gasteiger charge is -2.50. The zero-order valence-electron chi connectivity index (χ0n) is 35.4. The average molecular weight is 797 g/mol. The van der Waals surface area contributed by atoms with Gasteiger partial charge in [-0.25, -0.2) is 0 Å². The van der Waals surface area contributed by atoms with E-state index >= 15 is 0 Å². The van der Waals surface area contributed by atoms with Crippen LogP contribution in [0.4, 0.5) is 11.4 Å². The molecule has 1 saturated carbocycles. The standard InChI is InChI=1S/C56H52N2OSi/c1-54(2,3)39-30-33-51-47(36-39)52-53(59-51)46-38-41(58-50-29-16-15-28-48(50)55(4)34-17-18-35-56(55,58)5)31-32-49(46)57(52)40-20-19-27-45(37-40)60(42-21-9-6-10-22-42,43-23-11-7-12-24-43)44-25-13-8-14-26-44/h6-16,19-33,36-38H,17-18,34-35H2,1-5H3.